The number of oxazole rings is 1. The highest BCUT2D eigenvalue weighted by molar-refractivity contribution is 5.57. The van der Waals surface area contributed by atoms with Gasteiger partial charge in [-0.05, 0) is 19.8 Å². The molecule has 0 amide bonds. The van der Waals surface area contributed by atoms with E-state index >= 15 is 0 Å². The summed E-state index contributed by atoms with van der Waals surface area (Å²) < 4.78 is 5.48. The van der Waals surface area contributed by atoms with E-state index in [1.165, 1.54) is 12.8 Å². The average Bonchev–Trinajstić information content (AvgIpc) is 2.87. The van der Waals surface area contributed by atoms with Crippen LogP contribution in [-0.4, -0.2) is 11.0 Å². The van der Waals surface area contributed by atoms with E-state index < -0.39 is 0 Å². The van der Waals surface area contributed by atoms with Crippen LogP contribution in [0.1, 0.15) is 44.2 Å². The van der Waals surface area contributed by atoms with Crippen LogP contribution < -0.4 is 5.32 Å². The number of hydrogen-bond donors (Lipinski definition) is 1. The molecule has 1 fully saturated rings. The van der Waals surface area contributed by atoms with E-state index in [4.69, 9.17) is 9.68 Å². The summed E-state index contributed by atoms with van der Waals surface area (Å²) >= 11 is 0. The van der Waals surface area contributed by atoms with E-state index in [1.807, 2.05) is 13.0 Å². The number of anilines is 1. The Morgan fingerprint density at radius 1 is 1.56 bits per heavy atom. The summed E-state index contributed by atoms with van der Waals surface area (Å²) in [6.45, 7) is 5.56. The van der Waals surface area contributed by atoms with Gasteiger partial charge in [-0.3, -0.25) is 0 Å². The van der Waals surface area contributed by atoms with Gasteiger partial charge >= 0.3 is 0 Å². The monoisotopic (exact) mass is 217 g/mol. The largest absolute Gasteiger partial charge is 0.420 e. The van der Waals surface area contributed by atoms with Crippen molar-refractivity contribution in [3.05, 3.63) is 18.2 Å². The van der Waals surface area contributed by atoms with Gasteiger partial charge in [0.1, 0.15) is 6.07 Å². The number of hydrogen-bond acceptors (Lipinski definition) is 4. The summed E-state index contributed by atoms with van der Waals surface area (Å²) in [6.07, 6.45) is 4.74. The van der Waals surface area contributed by atoms with E-state index in [1.54, 1.807) is 0 Å². The van der Waals surface area contributed by atoms with Gasteiger partial charge in [0.25, 0.3) is 0 Å². The van der Waals surface area contributed by atoms with E-state index in [9.17, 15) is 0 Å². The Balaban J connectivity index is 2.18. The van der Waals surface area contributed by atoms with E-state index in [-0.39, 0.29) is 0 Å². The van der Waals surface area contributed by atoms with Crippen molar-refractivity contribution in [1.82, 2.24) is 4.98 Å². The average molecular weight is 217 g/mol. The highest BCUT2D eigenvalue weighted by Crippen LogP contribution is 2.26. The minimum Gasteiger partial charge on any atom is -0.420 e. The Hall–Kier alpha value is -1.76. The van der Waals surface area contributed by atoms with Gasteiger partial charge in [0, 0.05) is 11.6 Å². The fourth-order valence-electron chi connectivity index (χ4n) is 1.93. The SMILES string of the molecule is C=C(C)c1nc(C#N)c(NC2CCCC2)o1. The summed E-state index contributed by atoms with van der Waals surface area (Å²) in [4.78, 5) is 4.08. The molecule has 1 aromatic heterocycles. The van der Waals surface area contributed by atoms with Gasteiger partial charge in [0.2, 0.25) is 17.5 Å². The van der Waals surface area contributed by atoms with Crippen molar-refractivity contribution >= 4 is 11.5 Å². The minimum atomic E-state index is 0.324. The standard InChI is InChI=1S/C12H15N3O/c1-8(2)11-15-10(7-13)12(16-11)14-9-5-3-4-6-9/h9,14H,1,3-6H2,2H3. The molecule has 1 heterocycles. The molecular weight excluding hydrogens is 202 g/mol. The zero-order valence-corrected chi connectivity index (χ0v) is 9.42. The Bertz CT molecular complexity index is 436. The van der Waals surface area contributed by atoms with Gasteiger partial charge in [-0.25, -0.2) is 0 Å². The molecule has 1 aliphatic carbocycles. The Morgan fingerprint density at radius 3 is 2.81 bits per heavy atom. The lowest BCUT2D eigenvalue weighted by atomic mass is 10.2. The second-order valence-corrected chi connectivity index (χ2v) is 4.21. The zero-order valence-electron chi connectivity index (χ0n) is 9.42. The lowest BCUT2D eigenvalue weighted by molar-refractivity contribution is 0.543. The van der Waals surface area contributed by atoms with Crippen molar-refractivity contribution in [3.8, 4) is 6.07 Å². The lowest BCUT2D eigenvalue weighted by Gasteiger charge is -2.09. The molecule has 1 aromatic rings. The van der Waals surface area contributed by atoms with Crippen LogP contribution in [0.3, 0.4) is 0 Å². The molecule has 0 spiro atoms. The number of rotatable bonds is 3. The molecule has 4 heteroatoms. The molecule has 84 valence electrons. The molecule has 0 saturated heterocycles. The molecule has 1 aliphatic rings. The fourth-order valence-corrected chi connectivity index (χ4v) is 1.93. The summed E-state index contributed by atoms with van der Waals surface area (Å²) in [7, 11) is 0. The predicted octanol–water partition coefficient (Wildman–Crippen LogP) is 2.93. The maximum atomic E-state index is 8.95. The first-order chi connectivity index (χ1) is 7.70. The van der Waals surface area contributed by atoms with Gasteiger partial charge in [-0.1, -0.05) is 19.4 Å². The number of allylic oxidation sites excluding steroid dienone is 1. The molecule has 0 bridgehead atoms. The molecule has 1 N–H and O–H groups in total. The topological polar surface area (TPSA) is 61.9 Å². The summed E-state index contributed by atoms with van der Waals surface area (Å²) in [5.41, 5.74) is 1.06. The first-order valence-electron chi connectivity index (χ1n) is 5.54. The van der Waals surface area contributed by atoms with Crippen LogP contribution in [0, 0.1) is 11.3 Å². The molecule has 0 radical (unpaired) electrons. The zero-order chi connectivity index (χ0) is 11.5. The van der Waals surface area contributed by atoms with Crippen molar-refractivity contribution in [3.63, 3.8) is 0 Å². The van der Waals surface area contributed by atoms with Crippen molar-refractivity contribution in [2.45, 2.75) is 38.6 Å². The Morgan fingerprint density at radius 2 is 2.25 bits per heavy atom. The predicted molar refractivity (Wildman–Crippen MR) is 61.8 cm³/mol. The van der Waals surface area contributed by atoms with Crippen LogP contribution in [0.25, 0.3) is 5.57 Å². The number of nitrogens with one attached hydrogen (secondary N) is 1. The second-order valence-electron chi connectivity index (χ2n) is 4.21. The van der Waals surface area contributed by atoms with Crippen LogP contribution >= 0.6 is 0 Å². The van der Waals surface area contributed by atoms with E-state index in [0.29, 0.717) is 23.5 Å². The molecular formula is C12H15N3O. The third-order valence-electron chi connectivity index (χ3n) is 2.79. The highest BCUT2D eigenvalue weighted by atomic mass is 16.4. The maximum Gasteiger partial charge on any atom is 0.232 e. The van der Waals surface area contributed by atoms with Gasteiger partial charge in [0.05, 0.1) is 0 Å². The van der Waals surface area contributed by atoms with Crippen molar-refractivity contribution in [2.24, 2.45) is 0 Å². The lowest BCUT2D eigenvalue weighted by Crippen LogP contribution is -2.14. The molecule has 0 atom stereocenters. The summed E-state index contributed by atoms with van der Waals surface area (Å²) in [5.74, 6) is 0.935. The molecule has 0 aliphatic heterocycles. The molecule has 1 saturated carbocycles. The third kappa shape index (κ3) is 2.08. The normalized spacial score (nSPS) is 16.0. The minimum absolute atomic E-state index is 0.324. The van der Waals surface area contributed by atoms with Crippen LogP contribution in [0.2, 0.25) is 0 Å². The molecule has 0 unspecified atom stereocenters. The maximum absolute atomic E-state index is 8.95. The van der Waals surface area contributed by atoms with Gasteiger partial charge < -0.3 is 9.73 Å². The number of aromatic nitrogens is 1. The molecule has 2 rings (SSSR count). The fraction of sp³-hybridized carbons (Fsp3) is 0.500. The third-order valence-corrected chi connectivity index (χ3v) is 2.79. The van der Waals surface area contributed by atoms with Crippen LogP contribution in [-0.2, 0) is 0 Å². The quantitative estimate of drug-likeness (QED) is 0.845. The van der Waals surface area contributed by atoms with E-state index in [2.05, 4.69) is 16.9 Å². The second kappa shape index (κ2) is 4.40. The van der Waals surface area contributed by atoms with Gasteiger partial charge in [-0.15, -0.1) is 0 Å². The van der Waals surface area contributed by atoms with Crippen LogP contribution in [0.15, 0.2) is 11.0 Å². The van der Waals surface area contributed by atoms with Crippen molar-refractivity contribution in [1.29, 1.82) is 5.26 Å². The Labute approximate surface area is 95.0 Å². The number of nitrogens with zero attached hydrogens (tertiary/aromatic N) is 2. The highest BCUT2D eigenvalue weighted by Gasteiger charge is 2.20. The molecule has 4 nitrogen and oxygen atoms in total. The first-order valence-corrected chi connectivity index (χ1v) is 5.54. The van der Waals surface area contributed by atoms with E-state index in [0.717, 1.165) is 18.4 Å². The van der Waals surface area contributed by atoms with Gasteiger partial charge in [-0.2, -0.15) is 10.2 Å². The van der Waals surface area contributed by atoms with Crippen molar-refractivity contribution in [2.75, 3.05) is 5.32 Å². The summed E-state index contributed by atoms with van der Waals surface area (Å²) in [6, 6.07) is 2.45. The smallest absolute Gasteiger partial charge is 0.232 e. The molecule has 0 aromatic carbocycles. The van der Waals surface area contributed by atoms with Crippen LogP contribution in [0.4, 0.5) is 5.88 Å². The number of nitriles is 1. The first kappa shape index (κ1) is 10.7. The Kier molecular flexibility index (Phi) is 2.95. The van der Waals surface area contributed by atoms with Gasteiger partial charge in [0.15, 0.2) is 0 Å². The molecule has 16 heavy (non-hydrogen) atoms. The summed E-state index contributed by atoms with van der Waals surface area (Å²) in [5, 5.41) is 12.2. The van der Waals surface area contributed by atoms with Crippen LogP contribution in [0.5, 0.6) is 0 Å². The van der Waals surface area contributed by atoms with Crippen molar-refractivity contribution < 1.29 is 4.42 Å².